The van der Waals surface area contributed by atoms with Gasteiger partial charge in [-0.05, 0) is 55.5 Å². The van der Waals surface area contributed by atoms with Crippen LogP contribution in [-0.4, -0.2) is 35.1 Å². The second kappa shape index (κ2) is 9.53. The predicted octanol–water partition coefficient (Wildman–Crippen LogP) is 3.85. The summed E-state index contributed by atoms with van der Waals surface area (Å²) in [6.07, 6.45) is 0. The van der Waals surface area contributed by atoms with Crippen LogP contribution in [0.15, 0.2) is 77.7 Å². The van der Waals surface area contributed by atoms with Crippen molar-refractivity contribution in [2.45, 2.75) is 11.8 Å². The Bertz CT molecular complexity index is 1140. The van der Waals surface area contributed by atoms with Crippen molar-refractivity contribution >= 4 is 27.3 Å². The van der Waals surface area contributed by atoms with Crippen LogP contribution in [0.1, 0.15) is 5.56 Å². The maximum absolute atomic E-state index is 13.4. The van der Waals surface area contributed by atoms with Crippen molar-refractivity contribution in [1.29, 1.82) is 0 Å². The van der Waals surface area contributed by atoms with Gasteiger partial charge in [-0.25, -0.2) is 8.42 Å². The van der Waals surface area contributed by atoms with Gasteiger partial charge in [0.2, 0.25) is 5.91 Å². The Morgan fingerprint density at radius 1 is 0.903 bits per heavy atom. The number of rotatable bonds is 8. The van der Waals surface area contributed by atoms with E-state index >= 15 is 0 Å². The second-order valence-electron chi connectivity index (χ2n) is 6.80. The van der Waals surface area contributed by atoms with Crippen molar-refractivity contribution in [3.63, 3.8) is 0 Å². The van der Waals surface area contributed by atoms with Gasteiger partial charge in [0, 0.05) is 11.8 Å². The van der Waals surface area contributed by atoms with Crippen LogP contribution in [0.3, 0.4) is 0 Å². The Hall–Kier alpha value is -3.52. The molecule has 1 amide bonds. The van der Waals surface area contributed by atoms with Crippen LogP contribution in [0.4, 0.5) is 11.4 Å². The Morgan fingerprint density at radius 3 is 2.16 bits per heavy atom. The highest BCUT2D eigenvalue weighted by Crippen LogP contribution is 2.26. The minimum absolute atomic E-state index is 0.0584. The molecule has 0 aliphatic carbocycles. The molecule has 0 aliphatic rings. The molecule has 0 radical (unpaired) electrons. The van der Waals surface area contributed by atoms with Gasteiger partial charge in [-0.3, -0.25) is 9.10 Å². The summed E-state index contributed by atoms with van der Waals surface area (Å²) in [6, 6.07) is 19.8. The van der Waals surface area contributed by atoms with Crippen molar-refractivity contribution in [2.75, 3.05) is 30.4 Å². The summed E-state index contributed by atoms with van der Waals surface area (Å²) in [7, 11) is -0.966. The summed E-state index contributed by atoms with van der Waals surface area (Å²) in [5.41, 5.74) is 1.88. The van der Waals surface area contributed by atoms with E-state index in [4.69, 9.17) is 9.47 Å². The van der Waals surface area contributed by atoms with Crippen LogP contribution in [0.5, 0.6) is 11.5 Å². The van der Waals surface area contributed by atoms with Gasteiger partial charge in [-0.2, -0.15) is 0 Å². The van der Waals surface area contributed by atoms with Gasteiger partial charge in [0.25, 0.3) is 10.0 Å². The highest BCUT2D eigenvalue weighted by molar-refractivity contribution is 7.92. The predicted molar refractivity (Wildman–Crippen MR) is 120 cm³/mol. The molecule has 162 valence electrons. The summed E-state index contributed by atoms with van der Waals surface area (Å²) in [5, 5.41) is 2.73. The summed E-state index contributed by atoms with van der Waals surface area (Å²) in [5.74, 6) is 0.640. The van der Waals surface area contributed by atoms with Crippen molar-refractivity contribution < 1.29 is 22.7 Å². The normalized spacial score (nSPS) is 10.9. The van der Waals surface area contributed by atoms with Crippen LogP contribution in [0.2, 0.25) is 0 Å². The molecular weight excluding hydrogens is 416 g/mol. The molecular formula is C23H24N2O5S. The Morgan fingerprint density at radius 2 is 1.55 bits per heavy atom. The van der Waals surface area contributed by atoms with Crippen LogP contribution < -0.4 is 19.1 Å². The monoisotopic (exact) mass is 440 g/mol. The summed E-state index contributed by atoms with van der Waals surface area (Å²) in [6.45, 7) is 1.51. The SMILES string of the molecule is COc1ccc(S(=O)(=O)N(CC(=O)Nc2cccc(OC)c2)c2ccc(C)cc2)cc1. The minimum atomic E-state index is -4.00. The Kier molecular flexibility index (Phi) is 6.81. The number of hydrogen-bond acceptors (Lipinski definition) is 5. The molecule has 0 fully saturated rings. The summed E-state index contributed by atoms with van der Waals surface area (Å²) >= 11 is 0. The van der Waals surface area contributed by atoms with Gasteiger partial charge in [0.05, 0.1) is 24.8 Å². The Labute approximate surface area is 182 Å². The molecule has 1 N–H and O–H groups in total. The van der Waals surface area contributed by atoms with E-state index in [1.165, 1.54) is 26.4 Å². The molecule has 0 aromatic heterocycles. The average Bonchev–Trinajstić information content (AvgIpc) is 2.78. The third kappa shape index (κ3) is 5.35. The van der Waals surface area contributed by atoms with E-state index in [0.717, 1.165) is 9.87 Å². The standard InChI is InChI=1S/C23H24N2O5S/c1-17-7-9-19(10-8-17)25(31(27,28)22-13-11-20(29-2)12-14-22)16-23(26)24-18-5-4-6-21(15-18)30-3/h4-15H,16H2,1-3H3,(H,24,26). The van der Waals surface area contributed by atoms with Crippen LogP contribution >= 0.6 is 0 Å². The van der Waals surface area contributed by atoms with Gasteiger partial charge in [-0.15, -0.1) is 0 Å². The molecule has 0 aliphatic heterocycles. The number of methoxy groups -OCH3 is 2. The maximum atomic E-state index is 13.4. The molecule has 3 aromatic rings. The fourth-order valence-corrected chi connectivity index (χ4v) is 4.35. The molecule has 31 heavy (non-hydrogen) atoms. The lowest BCUT2D eigenvalue weighted by molar-refractivity contribution is -0.114. The zero-order valence-corrected chi connectivity index (χ0v) is 18.3. The number of anilines is 2. The van der Waals surface area contributed by atoms with Crippen molar-refractivity contribution in [2.24, 2.45) is 0 Å². The number of ether oxygens (including phenoxy) is 2. The van der Waals surface area contributed by atoms with Gasteiger partial charge in [0.15, 0.2) is 0 Å². The lowest BCUT2D eigenvalue weighted by Crippen LogP contribution is -2.38. The molecule has 0 saturated carbocycles. The largest absolute Gasteiger partial charge is 0.497 e. The molecule has 0 saturated heterocycles. The number of aryl methyl sites for hydroxylation is 1. The van der Waals surface area contributed by atoms with Crippen molar-refractivity contribution in [3.05, 3.63) is 78.4 Å². The van der Waals surface area contributed by atoms with Gasteiger partial charge in [-0.1, -0.05) is 23.8 Å². The molecule has 0 spiro atoms. The van der Waals surface area contributed by atoms with Crippen LogP contribution in [0.25, 0.3) is 0 Å². The summed E-state index contributed by atoms with van der Waals surface area (Å²) < 4.78 is 38.1. The van der Waals surface area contributed by atoms with Crippen molar-refractivity contribution in [3.8, 4) is 11.5 Å². The first-order valence-electron chi connectivity index (χ1n) is 9.51. The molecule has 0 bridgehead atoms. The second-order valence-corrected chi connectivity index (χ2v) is 8.67. The van der Waals surface area contributed by atoms with Gasteiger partial charge < -0.3 is 14.8 Å². The van der Waals surface area contributed by atoms with E-state index in [2.05, 4.69) is 5.32 Å². The molecule has 8 heteroatoms. The lowest BCUT2D eigenvalue weighted by Gasteiger charge is -2.24. The van der Waals surface area contributed by atoms with E-state index in [9.17, 15) is 13.2 Å². The van der Waals surface area contributed by atoms with Crippen LogP contribution in [0, 0.1) is 6.92 Å². The van der Waals surface area contributed by atoms with Crippen molar-refractivity contribution in [1.82, 2.24) is 0 Å². The fourth-order valence-electron chi connectivity index (χ4n) is 2.93. The van der Waals surface area contributed by atoms with Gasteiger partial charge in [0.1, 0.15) is 18.0 Å². The third-order valence-corrected chi connectivity index (χ3v) is 6.40. The van der Waals surface area contributed by atoms with E-state index in [0.29, 0.717) is 22.9 Å². The number of amides is 1. The highest BCUT2D eigenvalue weighted by atomic mass is 32.2. The average molecular weight is 441 g/mol. The molecule has 3 rings (SSSR count). The number of nitrogens with one attached hydrogen (secondary N) is 1. The topological polar surface area (TPSA) is 84.9 Å². The number of carbonyl (C=O) groups excluding carboxylic acids is 1. The fraction of sp³-hybridized carbons (Fsp3) is 0.174. The number of carbonyl (C=O) groups is 1. The molecule has 0 heterocycles. The molecule has 3 aromatic carbocycles. The van der Waals surface area contributed by atoms with Crippen LogP contribution in [-0.2, 0) is 14.8 Å². The lowest BCUT2D eigenvalue weighted by atomic mass is 10.2. The maximum Gasteiger partial charge on any atom is 0.264 e. The van der Waals surface area contributed by atoms with E-state index in [-0.39, 0.29) is 4.90 Å². The third-order valence-electron chi connectivity index (χ3n) is 4.61. The number of benzene rings is 3. The van der Waals surface area contributed by atoms with Gasteiger partial charge >= 0.3 is 0 Å². The Balaban J connectivity index is 1.92. The number of nitrogens with zero attached hydrogens (tertiary/aromatic N) is 1. The van der Waals surface area contributed by atoms with E-state index in [1.807, 2.05) is 6.92 Å². The first-order chi connectivity index (χ1) is 14.8. The molecule has 7 nitrogen and oxygen atoms in total. The number of hydrogen-bond donors (Lipinski definition) is 1. The van der Waals surface area contributed by atoms with E-state index in [1.54, 1.807) is 60.7 Å². The smallest absolute Gasteiger partial charge is 0.264 e. The first kappa shape index (κ1) is 22.2. The minimum Gasteiger partial charge on any atom is -0.497 e. The quantitative estimate of drug-likeness (QED) is 0.575. The van der Waals surface area contributed by atoms with E-state index < -0.39 is 22.5 Å². The molecule has 0 unspecified atom stereocenters. The zero-order valence-electron chi connectivity index (χ0n) is 17.5. The highest BCUT2D eigenvalue weighted by Gasteiger charge is 2.27. The zero-order chi connectivity index (χ0) is 22.4. The summed E-state index contributed by atoms with van der Waals surface area (Å²) in [4.78, 5) is 12.8. The number of sulfonamides is 1. The first-order valence-corrected chi connectivity index (χ1v) is 10.9. The molecule has 0 atom stereocenters.